The largest absolute Gasteiger partial charge is 0.363 e. The van der Waals surface area contributed by atoms with Crippen molar-refractivity contribution >= 4 is 11.6 Å². The molecule has 0 unspecified atom stereocenters. The Balaban J connectivity index is 2.45. The molecule has 0 spiro atoms. The summed E-state index contributed by atoms with van der Waals surface area (Å²) in [7, 11) is 1.37. The monoisotopic (exact) mass is 257 g/mol. The summed E-state index contributed by atoms with van der Waals surface area (Å²) in [6, 6.07) is 8.90. The van der Waals surface area contributed by atoms with Crippen LogP contribution in [0.5, 0.6) is 0 Å². The average Bonchev–Trinajstić information content (AvgIpc) is 2.80. The number of benzene rings is 1. The quantitative estimate of drug-likeness (QED) is 0.789. The maximum Gasteiger partial charge on any atom is 0.336 e. The minimum Gasteiger partial charge on any atom is -0.363 e. The van der Waals surface area contributed by atoms with E-state index in [0.717, 1.165) is 4.57 Å². The molecule has 6 nitrogen and oxygen atoms in total. The molecule has 1 aliphatic rings. The normalized spacial score (nSPS) is 13.2. The lowest BCUT2D eigenvalue weighted by atomic mass is 10.2. The van der Waals surface area contributed by atoms with Gasteiger partial charge in [-0.15, -0.1) is 0 Å². The number of hydrogen-bond donors (Lipinski definition) is 1. The van der Waals surface area contributed by atoms with Gasteiger partial charge in [-0.05, 0) is 12.1 Å². The number of aromatic nitrogens is 2. The molecule has 3 rings (SSSR count). The number of hydrogen-bond acceptors (Lipinski definition) is 4. The van der Waals surface area contributed by atoms with Gasteiger partial charge in [-0.1, -0.05) is 18.2 Å². The van der Waals surface area contributed by atoms with Gasteiger partial charge >= 0.3 is 5.69 Å². The second kappa shape index (κ2) is 3.94. The summed E-state index contributed by atoms with van der Waals surface area (Å²) in [6.45, 7) is 0.0425. The van der Waals surface area contributed by atoms with Gasteiger partial charge in [0.1, 0.15) is 11.4 Å². The molecular formula is C13H11N3O3. The van der Waals surface area contributed by atoms with Crippen molar-refractivity contribution in [3.05, 3.63) is 56.7 Å². The third-order valence-electron chi connectivity index (χ3n) is 3.17. The number of carbonyl (C=O) groups is 1. The number of ketones is 1. The van der Waals surface area contributed by atoms with Crippen LogP contribution in [-0.2, 0) is 7.05 Å². The minimum atomic E-state index is -0.554. The van der Waals surface area contributed by atoms with Crippen LogP contribution in [0.25, 0.3) is 5.69 Å². The summed E-state index contributed by atoms with van der Waals surface area (Å²) in [6.07, 6.45) is 0. The van der Waals surface area contributed by atoms with Gasteiger partial charge < -0.3 is 5.32 Å². The van der Waals surface area contributed by atoms with Gasteiger partial charge in [0, 0.05) is 7.05 Å². The van der Waals surface area contributed by atoms with Crippen LogP contribution < -0.4 is 16.6 Å². The predicted octanol–water partition coefficient (Wildman–Crippen LogP) is 0.144. The highest BCUT2D eigenvalue weighted by atomic mass is 16.2. The van der Waals surface area contributed by atoms with Crippen LogP contribution in [0.4, 0.5) is 5.82 Å². The van der Waals surface area contributed by atoms with Crippen LogP contribution in [0, 0.1) is 0 Å². The van der Waals surface area contributed by atoms with Gasteiger partial charge in [-0.2, -0.15) is 0 Å². The molecule has 1 aromatic carbocycles. The molecule has 1 aromatic heterocycles. The van der Waals surface area contributed by atoms with Gasteiger partial charge in [-0.3, -0.25) is 14.2 Å². The zero-order chi connectivity index (χ0) is 13.6. The Bertz CT molecular complexity index is 787. The summed E-state index contributed by atoms with van der Waals surface area (Å²) >= 11 is 0. The predicted molar refractivity (Wildman–Crippen MR) is 70.1 cm³/mol. The Morgan fingerprint density at radius 3 is 2.47 bits per heavy atom. The number of para-hydroxylation sites is 1. The van der Waals surface area contributed by atoms with Crippen molar-refractivity contribution in [1.82, 2.24) is 9.13 Å². The first-order valence-corrected chi connectivity index (χ1v) is 5.80. The fourth-order valence-corrected chi connectivity index (χ4v) is 2.20. The summed E-state index contributed by atoms with van der Waals surface area (Å²) in [4.78, 5) is 35.9. The van der Waals surface area contributed by atoms with E-state index in [9.17, 15) is 14.4 Å². The highest BCUT2D eigenvalue weighted by Gasteiger charge is 2.28. The van der Waals surface area contributed by atoms with Crippen molar-refractivity contribution in [2.75, 3.05) is 11.9 Å². The molecule has 96 valence electrons. The molecule has 0 radical (unpaired) electrons. The van der Waals surface area contributed by atoms with E-state index in [4.69, 9.17) is 0 Å². The topological polar surface area (TPSA) is 73.1 Å². The number of carbonyl (C=O) groups excluding carboxylic acids is 1. The van der Waals surface area contributed by atoms with Crippen molar-refractivity contribution in [3.8, 4) is 5.69 Å². The molecule has 2 aromatic rings. The van der Waals surface area contributed by atoms with Crippen molar-refractivity contribution in [2.45, 2.75) is 0 Å². The van der Waals surface area contributed by atoms with Crippen LogP contribution in [0.2, 0.25) is 0 Å². The first kappa shape index (κ1) is 11.5. The molecule has 2 heterocycles. The maximum absolute atomic E-state index is 12.2. The summed E-state index contributed by atoms with van der Waals surface area (Å²) in [5.41, 5.74) is -0.369. The summed E-state index contributed by atoms with van der Waals surface area (Å²) < 4.78 is 2.30. The number of Topliss-reactive ketones (excluding diaryl/α,β-unsaturated/α-hetero) is 1. The van der Waals surface area contributed by atoms with Crippen molar-refractivity contribution in [2.24, 2.45) is 7.05 Å². The van der Waals surface area contributed by atoms with E-state index < -0.39 is 11.2 Å². The SMILES string of the molecule is Cn1c(=O)c2c(n(-c3ccccc3)c1=O)NCC2=O. The zero-order valence-electron chi connectivity index (χ0n) is 10.2. The molecule has 6 heteroatoms. The molecule has 1 N–H and O–H groups in total. The number of nitrogens with one attached hydrogen (secondary N) is 1. The van der Waals surface area contributed by atoms with E-state index in [-0.39, 0.29) is 23.7 Å². The van der Waals surface area contributed by atoms with E-state index in [1.165, 1.54) is 11.6 Å². The van der Waals surface area contributed by atoms with Gasteiger partial charge in [-0.25, -0.2) is 9.36 Å². The number of fused-ring (bicyclic) bond motifs is 1. The fourth-order valence-electron chi connectivity index (χ4n) is 2.20. The Hall–Kier alpha value is -2.63. The zero-order valence-corrected chi connectivity index (χ0v) is 10.2. The van der Waals surface area contributed by atoms with Crippen molar-refractivity contribution in [3.63, 3.8) is 0 Å². The molecule has 0 aliphatic carbocycles. The fraction of sp³-hybridized carbons (Fsp3) is 0.154. The first-order valence-electron chi connectivity index (χ1n) is 5.80. The molecule has 0 amide bonds. The molecule has 1 aliphatic heterocycles. The molecule has 0 saturated heterocycles. The van der Waals surface area contributed by atoms with Crippen LogP contribution in [0.1, 0.15) is 10.4 Å². The molecule has 19 heavy (non-hydrogen) atoms. The molecule has 0 bridgehead atoms. The van der Waals surface area contributed by atoms with Gasteiger partial charge in [0.05, 0.1) is 12.2 Å². The Morgan fingerprint density at radius 1 is 1.11 bits per heavy atom. The number of rotatable bonds is 1. The van der Waals surface area contributed by atoms with E-state index in [1.807, 2.05) is 6.07 Å². The minimum absolute atomic E-state index is 0.0425. The van der Waals surface area contributed by atoms with Gasteiger partial charge in [0.15, 0.2) is 5.78 Å². The van der Waals surface area contributed by atoms with Crippen LogP contribution >= 0.6 is 0 Å². The molecule has 0 atom stereocenters. The van der Waals surface area contributed by atoms with E-state index in [1.54, 1.807) is 24.3 Å². The van der Waals surface area contributed by atoms with Crippen LogP contribution in [0.3, 0.4) is 0 Å². The number of nitrogens with zero attached hydrogens (tertiary/aromatic N) is 2. The van der Waals surface area contributed by atoms with E-state index in [2.05, 4.69) is 5.32 Å². The Morgan fingerprint density at radius 2 is 1.79 bits per heavy atom. The lowest BCUT2D eigenvalue weighted by Gasteiger charge is -2.12. The first-order chi connectivity index (χ1) is 9.11. The highest BCUT2D eigenvalue weighted by molar-refractivity contribution is 6.06. The summed E-state index contributed by atoms with van der Waals surface area (Å²) in [5.74, 6) is -0.00965. The molecular weight excluding hydrogens is 246 g/mol. The highest BCUT2D eigenvalue weighted by Crippen LogP contribution is 2.20. The van der Waals surface area contributed by atoms with Crippen LogP contribution in [0.15, 0.2) is 39.9 Å². The van der Waals surface area contributed by atoms with E-state index in [0.29, 0.717) is 5.69 Å². The Kier molecular flexibility index (Phi) is 2.38. The molecule has 0 fully saturated rings. The van der Waals surface area contributed by atoms with Crippen molar-refractivity contribution in [1.29, 1.82) is 0 Å². The van der Waals surface area contributed by atoms with Crippen molar-refractivity contribution < 1.29 is 4.79 Å². The average molecular weight is 257 g/mol. The van der Waals surface area contributed by atoms with Gasteiger partial charge in [0.25, 0.3) is 5.56 Å². The standard InChI is InChI=1S/C13H11N3O3/c1-15-12(18)10-9(17)7-14-11(10)16(13(15)19)8-5-3-2-4-6-8/h2-6,14H,7H2,1H3. The smallest absolute Gasteiger partial charge is 0.336 e. The second-order valence-corrected chi connectivity index (χ2v) is 4.32. The van der Waals surface area contributed by atoms with Crippen LogP contribution in [-0.4, -0.2) is 21.5 Å². The molecule has 0 saturated carbocycles. The number of anilines is 1. The van der Waals surface area contributed by atoms with E-state index >= 15 is 0 Å². The Labute approximate surface area is 107 Å². The van der Waals surface area contributed by atoms with Gasteiger partial charge in [0.2, 0.25) is 0 Å². The lowest BCUT2D eigenvalue weighted by Crippen LogP contribution is -2.39. The third-order valence-corrected chi connectivity index (χ3v) is 3.17. The second-order valence-electron chi connectivity index (χ2n) is 4.32. The maximum atomic E-state index is 12.2. The summed E-state index contributed by atoms with van der Waals surface area (Å²) in [5, 5.41) is 2.83. The lowest BCUT2D eigenvalue weighted by molar-refractivity contribution is 0.101. The third kappa shape index (κ3) is 1.53.